The van der Waals surface area contributed by atoms with Crippen LogP contribution in [-0.2, 0) is 14.8 Å². The molecule has 1 N–H and O–H groups in total. The van der Waals surface area contributed by atoms with E-state index in [1.807, 2.05) is 0 Å². The van der Waals surface area contributed by atoms with Crippen LogP contribution in [0.4, 0.5) is 0 Å². The normalized spacial score (nSPS) is 13.5. The fourth-order valence-corrected chi connectivity index (χ4v) is 2.84. The van der Waals surface area contributed by atoms with Crippen molar-refractivity contribution < 1.29 is 18.3 Å². The van der Waals surface area contributed by atoms with Gasteiger partial charge in [0, 0.05) is 6.54 Å². The highest BCUT2D eigenvalue weighted by Crippen LogP contribution is 2.21. The summed E-state index contributed by atoms with van der Waals surface area (Å²) in [5.41, 5.74) is -1.40. The maximum absolute atomic E-state index is 11.9. The first-order chi connectivity index (χ1) is 6.58. The van der Waals surface area contributed by atoms with E-state index in [2.05, 4.69) is 0 Å². The third-order valence-electron chi connectivity index (χ3n) is 2.34. The number of aliphatic carboxylic acids is 1. The van der Waals surface area contributed by atoms with Gasteiger partial charge in [-0.25, -0.2) is 8.42 Å². The van der Waals surface area contributed by atoms with Crippen LogP contribution in [0.2, 0.25) is 0 Å². The first kappa shape index (κ1) is 14.4. The Balaban J connectivity index is 5.37. The lowest BCUT2D eigenvalue weighted by Gasteiger charge is -2.34. The topological polar surface area (TPSA) is 74.7 Å². The van der Waals surface area contributed by atoms with Gasteiger partial charge >= 0.3 is 5.97 Å². The molecule has 0 saturated heterocycles. The number of sulfonamides is 1. The van der Waals surface area contributed by atoms with E-state index in [1.165, 1.54) is 27.7 Å². The number of hydrogen-bond acceptors (Lipinski definition) is 3. The smallest absolute Gasteiger partial charge is 0.324 e. The van der Waals surface area contributed by atoms with Crippen LogP contribution in [0.3, 0.4) is 0 Å². The summed E-state index contributed by atoms with van der Waals surface area (Å²) in [5, 5.41) is 8.37. The second kappa shape index (κ2) is 4.49. The number of carbonyl (C=O) groups is 1. The van der Waals surface area contributed by atoms with Crippen molar-refractivity contribution >= 4 is 16.0 Å². The number of carboxylic acid groups (broad SMARTS) is 1. The van der Waals surface area contributed by atoms with E-state index in [4.69, 9.17) is 5.11 Å². The number of likely N-dealkylation sites (N-methyl/N-ethyl adjacent to an activating group) is 1. The maximum Gasteiger partial charge on any atom is 0.324 e. The summed E-state index contributed by atoms with van der Waals surface area (Å²) in [6.07, 6.45) is 0. The van der Waals surface area contributed by atoms with Crippen LogP contribution in [0.15, 0.2) is 0 Å². The zero-order chi connectivity index (χ0) is 12.4. The molecule has 90 valence electrons. The second-order valence-corrected chi connectivity index (χ2v) is 6.54. The van der Waals surface area contributed by atoms with Crippen molar-refractivity contribution in [2.45, 2.75) is 45.4 Å². The van der Waals surface area contributed by atoms with Gasteiger partial charge in [0.05, 0.1) is 5.25 Å². The molecule has 0 aliphatic carbocycles. The molecule has 0 radical (unpaired) electrons. The summed E-state index contributed by atoms with van der Waals surface area (Å²) in [7, 11) is -3.54. The van der Waals surface area contributed by atoms with Crippen LogP contribution in [0, 0.1) is 0 Å². The number of carboxylic acids is 1. The summed E-state index contributed by atoms with van der Waals surface area (Å²) in [6.45, 7) is 7.63. The summed E-state index contributed by atoms with van der Waals surface area (Å²) < 4.78 is 24.8. The van der Waals surface area contributed by atoms with Gasteiger partial charge in [-0.2, -0.15) is 4.31 Å². The number of rotatable bonds is 5. The van der Waals surface area contributed by atoms with E-state index in [0.717, 1.165) is 4.31 Å². The lowest BCUT2D eigenvalue weighted by atomic mass is 10.1. The predicted molar refractivity (Wildman–Crippen MR) is 58.2 cm³/mol. The van der Waals surface area contributed by atoms with Gasteiger partial charge in [-0.15, -0.1) is 0 Å². The molecule has 0 bridgehead atoms. The van der Waals surface area contributed by atoms with Crippen molar-refractivity contribution in [1.82, 2.24) is 4.31 Å². The van der Waals surface area contributed by atoms with Gasteiger partial charge < -0.3 is 5.11 Å². The monoisotopic (exact) mass is 237 g/mol. The minimum absolute atomic E-state index is 0.153. The molecular formula is C9H19NO4S. The van der Waals surface area contributed by atoms with Crippen LogP contribution < -0.4 is 0 Å². The summed E-state index contributed by atoms with van der Waals surface area (Å²) in [4.78, 5) is 11.0. The highest BCUT2D eigenvalue weighted by Gasteiger charge is 2.42. The predicted octanol–water partition coefficient (Wildman–Crippen LogP) is 0.910. The van der Waals surface area contributed by atoms with E-state index < -0.39 is 26.8 Å². The lowest BCUT2D eigenvalue weighted by Crippen LogP contribution is -2.54. The highest BCUT2D eigenvalue weighted by molar-refractivity contribution is 7.89. The van der Waals surface area contributed by atoms with Gasteiger partial charge in [0.25, 0.3) is 0 Å². The second-order valence-electron chi connectivity index (χ2n) is 4.12. The molecule has 0 aliphatic rings. The Hall–Kier alpha value is -0.620. The molecule has 0 amide bonds. The van der Waals surface area contributed by atoms with Gasteiger partial charge in [0.15, 0.2) is 0 Å². The fourth-order valence-electron chi connectivity index (χ4n) is 1.25. The van der Waals surface area contributed by atoms with Gasteiger partial charge in [0.2, 0.25) is 10.0 Å². The molecule has 0 spiro atoms. The first-order valence-electron chi connectivity index (χ1n) is 4.83. The average molecular weight is 237 g/mol. The largest absolute Gasteiger partial charge is 0.480 e. The molecule has 15 heavy (non-hydrogen) atoms. The Morgan fingerprint density at radius 1 is 1.40 bits per heavy atom. The number of hydrogen-bond donors (Lipinski definition) is 1. The van der Waals surface area contributed by atoms with E-state index in [0.29, 0.717) is 0 Å². The van der Waals surface area contributed by atoms with Crippen LogP contribution in [0.5, 0.6) is 0 Å². The van der Waals surface area contributed by atoms with Crippen molar-refractivity contribution in [2.75, 3.05) is 6.54 Å². The molecule has 0 atom stereocenters. The number of nitrogens with zero attached hydrogens (tertiary/aromatic N) is 1. The zero-order valence-electron chi connectivity index (χ0n) is 9.81. The van der Waals surface area contributed by atoms with Crippen LogP contribution in [0.25, 0.3) is 0 Å². The molecule has 0 aliphatic heterocycles. The molecule has 0 aromatic heterocycles. The molecule has 0 rings (SSSR count). The molecule has 0 heterocycles. The van der Waals surface area contributed by atoms with Crippen LogP contribution >= 0.6 is 0 Å². The average Bonchev–Trinajstić information content (AvgIpc) is 2.03. The summed E-state index contributed by atoms with van der Waals surface area (Å²) >= 11 is 0. The standard InChI is InChI=1S/C9H19NO4S/c1-6-10(9(4,5)8(11)12)15(13,14)7(2)3/h7H,6H2,1-5H3,(H,11,12). The minimum atomic E-state index is -3.54. The molecule has 0 saturated carbocycles. The van der Waals surface area contributed by atoms with Crippen molar-refractivity contribution in [2.24, 2.45) is 0 Å². The third-order valence-corrected chi connectivity index (χ3v) is 4.86. The molecule has 0 aromatic carbocycles. The molecular weight excluding hydrogens is 218 g/mol. The SMILES string of the molecule is CCN(C(C)(C)C(=O)O)S(=O)(=O)C(C)C. The van der Waals surface area contributed by atoms with E-state index >= 15 is 0 Å². The van der Waals surface area contributed by atoms with Crippen molar-refractivity contribution in [3.63, 3.8) is 0 Å². The quantitative estimate of drug-likeness (QED) is 0.771. The third kappa shape index (κ3) is 2.69. The van der Waals surface area contributed by atoms with E-state index in [-0.39, 0.29) is 6.54 Å². The maximum atomic E-state index is 11.9. The van der Waals surface area contributed by atoms with Crippen molar-refractivity contribution in [3.8, 4) is 0 Å². The summed E-state index contributed by atoms with van der Waals surface area (Å²) in [6, 6.07) is 0. The Morgan fingerprint density at radius 2 is 1.80 bits per heavy atom. The van der Waals surface area contributed by atoms with Crippen LogP contribution in [0.1, 0.15) is 34.6 Å². The molecule has 0 unspecified atom stereocenters. The highest BCUT2D eigenvalue weighted by atomic mass is 32.2. The lowest BCUT2D eigenvalue weighted by molar-refractivity contribution is -0.146. The fraction of sp³-hybridized carbons (Fsp3) is 0.889. The Kier molecular flexibility index (Phi) is 4.30. The Morgan fingerprint density at radius 3 is 2.00 bits per heavy atom. The molecule has 5 nitrogen and oxygen atoms in total. The van der Waals surface area contributed by atoms with Crippen molar-refractivity contribution in [3.05, 3.63) is 0 Å². The van der Waals surface area contributed by atoms with Gasteiger partial charge in [-0.3, -0.25) is 4.79 Å². The zero-order valence-corrected chi connectivity index (χ0v) is 10.6. The van der Waals surface area contributed by atoms with Crippen molar-refractivity contribution in [1.29, 1.82) is 0 Å². The van der Waals surface area contributed by atoms with Gasteiger partial charge in [-0.1, -0.05) is 6.92 Å². The minimum Gasteiger partial charge on any atom is -0.480 e. The van der Waals surface area contributed by atoms with Gasteiger partial charge in [0.1, 0.15) is 5.54 Å². The van der Waals surface area contributed by atoms with E-state index in [9.17, 15) is 13.2 Å². The Labute approximate surface area is 91.1 Å². The van der Waals surface area contributed by atoms with Crippen LogP contribution in [-0.4, -0.2) is 41.1 Å². The van der Waals surface area contributed by atoms with E-state index in [1.54, 1.807) is 6.92 Å². The van der Waals surface area contributed by atoms with Gasteiger partial charge in [-0.05, 0) is 27.7 Å². The summed E-state index contributed by atoms with van der Waals surface area (Å²) in [5.74, 6) is -1.14. The Bertz CT molecular complexity index is 332. The first-order valence-corrected chi connectivity index (χ1v) is 6.33. The molecule has 0 aromatic rings. The molecule has 6 heteroatoms. The molecule has 0 fully saturated rings.